The number of aromatic nitrogens is 1. The molecule has 1 aromatic heterocycles. The zero-order chi connectivity index (χ0) is 15.5. The van der Waals surface area contributed by atoms with E-state index < -0.39 is 0 Å². The summed E-state index contributed by atoms with van der Waals surface area (Å²) >= 11 is 3.50. The van der Waals surface area contributed by atoms with Gasteiger partial charge in [0.2, 0.25) is 0 Å². The second kappa shape index (κ2) is 6.67. The number of nitrogens with zero attached hydrogens (tertiary/aromatic N) is 1. The fourth-order valence-corrected chi connectivity index (χ4v) is 3.24. The molecule has 1 unspecified atom stereocenters. The number of aryl methyl sites for hydroxylation is 1. The van der Waals surface area contributed by atoms with Gasteiger partial charge in [0.25, 0.3) is 0 Å². The topological polar surface area (TPSA) is 14.2 Å². The average molecular weight is 358 g/mol. The zero-order valence-electron chi connectivity index (χ0n) is 12.9. The Morgan fingerprint density at radius 1 is 1.09 bits per heavy atom. The Kier molecular flexibility index (Phi) is 4.65. The van der Waals surface area contributed by atoms with Gasteiger partial charge in [0.05, 0.1) is 5.52 Å². The number of rotatable bonds is 5. The summed E-state index contributed by atoms with van der Waals surface area (Å²) in [5, 5.41) is 1.27. The molecule has 0 amide bonds. The fourth-order valence-electron chi connectivity index (χ4n) is 2.98. The first-order valence-corrected chi connectivity index (χ1v) is 8.41. The van der Waals surface area contributed by atoms with E-state index in [0.29, 0.717) is 0 Å². The third-order valence-electron chi connectivity index (χ3n) is 3.95. The first-order chi connectivity index (χ1) is 10.7. The van der Waals surface area contributed by atoms with Crippen LogP contribution in [0.15, 0.2) is 59.1 Å². The second-order valence-corrected chi connectivity index (χ2v) is 6.37. The van der Waals surface area contributed by atoms with Crippen LogP contribution in [0.2, 0.25) is 0 Å². The van der Waals surface area contributed by atoms with Crippen LogP contribution in [0.4, 0.5) is 0 Å². The van der Waals surface area contributed by atoms with E-state index in [1.165, 1.54) is 16.6 Å². The van der Waals surface area contributed by atoms with Crippen LogP contribution < -0.4 is 0 Å². The lowest BCUT2D eigenvalue weighted by atomic mass is 10.2. The van der Waals surface area contributed by atoms with E-state index >= 15 is 0 Å². The summed E-state index contributed by atoms with van der Waals surface area (Å²) in [4.78, 5) is 0. The van der Waals surface area contributed by atoms with E-state index in [2.05, 4.69) is 82.0 Å². The molecule has 0 N–H and O–H groups in total. The Hall–Kier alpha value is -1.58. The first-order valence-electron chi connectivity index (χ1n) is 7.61. The van der Waals surface area contributed by atoms with E-state index in [0.717, 1.165) is 22.9 Å². The lowest BCUT2D eigenvalue weighted by molar-refractivity contribution is 0.0801. The number of benzene rings is 2. The molecule has 0 aliphatic heterocycles. The molecular weight excluding hydrogens is 338 g/mol. The molecule has 0 bridgehead atoms. The standard InChI is InChI=1S/C19H20BrNO/c1-3-6-17-13-15-7-4-5-8-18(15)21(17)19(22-2)14-9-11-16(20)12-10-14/h4-5,7-13,19H,3,6H2,1-2H3. The highest BCUT2D eigenvalue weighted by atomic mass is 79.9. The van der Waals surface area contributed by atoms with Crippen LogP contribution in [0.5, 0.6) is 0 Å². The summed E-state index contributed by atoms with van der Waals surface area (Å²) in [5.41, 5.74) is 3.70. The lowest BCUT2D eigenvalue weighted by Gasteiger charge is -2.22. The maximum atomic E-state index is 5.86. The maximum absolute atomic E-state index is 5.86. The summed E-state index contributed by atoms with van der Waals surface area (Å²) in [5.74, 6) is 0. The minimum atomic E-state index is -0.102. The number of fused-ring (bicyclic) bond motifs is 1. The van der Waals surface area contributed by atoms with Crippen LogP contribution in [-0.2, 0) is 11.2 Å². The molecule has 114 valence electrons. The van der Waals surface area contributed by atoms with Crippen molar-refractivity contribution in [3.8, 4) is 0 Å². The maximum Gasteiger partial charge on any atom is 0.160 e. The molecule has 2 aromatic carbocycles. The van der Waals surface area contributed by atoms with Crippen LogP contribution >= 0.6 is 15.9 Å². The fraction of sp³-hybridized carbons (Fsp3) is 0.263. The molecular formula is C19H20BrNO. The van der Waals surface area contributed by atoms with E-state index in [1.54, 1.807) is 7.11 Å². The Morgan fingerprint density at radius 3 is 2.50 bits per heavy atom. The molecule has 1 atom stereocenters. The molecule has 1 heterocycles. The minimum absolute atomic E-state index is 0.102. The van der Waals surface area contributed by atoms with E-state index in [-0.39, 0.29) is 6.23 Å². The van der Waals surface area contributed by atoms with Gasteiger partial charge in [0.1, 0.15) is 0 Å². The smallest absolute Gasteiger partial charge is 0.160 e. The van der Waals surface area contributed by atoms with Crippen LogP contribution in [0.3, 0.4) is 0 Å². The van der Waals surface area contributed by atoms with Crippen molar-refractivity contribution in [2.24, 2.45) is 0 Å². The summed E-state index contributed by atoms with van der Waals surface area (Å²) in [6.45, 7) is 2.21. The van der Waals surface area contributed by atoms with Crippen molar-refractivity contribution in [1.29, 1.82) is 0 Å². The van der Waals surface area contributed by atoms with Gasteiger partial charge in [-0.3, -0.25) is 0 Å². The molecule has 2 nitrogen and oxygen atoms in total. The van der Waals surface area contributed by atoms with Gasteiger partial charge in [-0.15, -0.1) is 0 Å². The number of ether oxygens (including phenoxy) is 1. The van der Waals surface area contributed by atoms with Crippen molar-refractivity contribution in [3.63, 3.8) is 0 Å². The molecule has 0 aliphatic carbocycles. The van der Waals surface area contributed by atoms with Crippen molar-refractivity contribution >= 4 is 26.8 Å². The molecule has 0 fully saturated rings. The van der Waals surface area contributed by atoms with Gasteiger partial charge in [0, 0.05) is 22.8 Å². The lowest BCUT2D eigenvalue weighted by Crippen LogP contribution is -2.15. The monoisotopic (exact) mass is 357 g/mol. The normalized spacial score (nSPS) is 12.7. The van der Waals surface area contributed by atoms with Crippen molar-refractivity contribution < 1.29 is 4.74 Å². The van der Waals surface area contributed by atoms with Crippen molar-refractivity contribution in [2.75, 3.05) is 7.11 Å². The molecule has 3 rings (SSSR count). The Bertz CT molecular complexity index is 761. The van der Waals surface area contributed by atoms with E-state index in [1.807, 2.05) is 0 Å². The van der Waals surface area contributed by atoms with E-state index in [9.17, 15) is 0 Å². The quantitative estimate of drug-likeness (QED) is 0.583. The Labute approximate surface area is 139 Å². The van der Waals surface area contributed by atoms with Crippen LogP contribution in [0, 0.1) is 0 Å². The number of halogens is 1. The Morgan fingerprint density at radius 2 is 1.82 bits per heavy atom. The number of methoxy groups -OCH3 is 1. The van der Waals surface area contributed by atoms with Crippen molar-refractivity contribution in [2.45, 2.75) is 26.0 Å². The number of hydrogen-bond acceptors (Lipinski definition) is 1. The van der Waals surface area contributed by atoms with Gasteiger partial charge in [-0.25, -0.2) is 0 Å². The van der Waals surface area contributed by atoms with Gasteiger partial charge < -0.3 is 9.30 Å². The molecule has 3 heteroatoms. The highest BCUT2D eigenvalue weighted by molar-refractivity contribution is 9.10. The SMILES string of the molecule is CCCc1cc2ccccc2n1C(OC)c1ccc(Br)cc1. The van der Waals surface area contributed by atoms with Crippen LogP contribution in [-0.4, -0.2) is 11.7 Å². The molecule has 0 radical (unpaired) electrons. The van der Waals surface area contributed by atoms with Gasteiger partial charge in [-0.05, 0) is 36.1 Å². The van der Waals surface area contributed by atoms with Crippen molar-refractivity contribution in [1.82, 2.24) is 4.57 Å². The molecule has 0 saturated heterocycles. The third kappa shape index (κ3) is 2.83. The third-order valence-corrected chi connectivity index (χ3v) is 4.48. The van der Waals surface area contributed by atoms with Gasteiger partial charge in [-0.2, -0.15) is 0 Å². The highest BCUT2D eigenvalue weighted by Gasteiger charge is 2.18. The predicted octanol–water partition coefficient (Wildman–Crippen LogP) is 5.55. The van der Waals surface area contributed by atoms with Crippen LogP contribution in [0.25, 0.3) is 10.9 Å². The molecule has 3 aromatic rings. The molecule has 0 aliphatic rings. The second-order valence-electron chi connectivity index (χ2n) is 5.45. The van der Waals surface area contributed by atoms with Gasteiger partial charge >= 0.3 is 0 Å². The minimum Gasteiger partial charge on any atom is -0.357 e. The first kappa shape index (κ1) is 15.3. The summed E-state index contributed by atoms with van der Waals surface area (Å²) < 4.78 is 9.27. The van der Waals surface area contributed by atoms with Gasteiger partial charge in [-0.1, -0.05) is 59.6 Å². The zero-order valence-corrected chi connectivity index (χ0v) is 14.5. The predicted molar refractivity (Wildman–Crippen MR) is 95.2 cm³/mol. The van der Waals surface area contributed by atoms with Crippen molar-refractivity contribution in [3.05, 3.63) is 70.3 Å². The highest BCUT2D eigenvalue weighted by Crippen LogP contribution is 2.30. The molecule has 0 spiro atoms. The number of hydrogen-bond donors (Lipinski definition) is 0. The molecule has 0 saturated carbocycles. The largest absolute Gasteiger partial charge is 0.357 e. The average Bonchev–Trinajstić information content (AvgIpc) is 2.89. The summed E-state index contributed by atoms with van der Waals surface area (Å²) in [6.07, 6.45) is 2.06. The van der Waals surface area contributed by atoms with E-state index in [4.69, 9.17) is 4.74 Å². The summed E-state index contributed by atoms with van der Waals surface area (Å²) in [7, 11) is 1.78. The molecule has 22 heavy (non-hydrogen) atoms. The van der Waals surface area contributed by atoms with Gasteiger partial charge in [0.15, 0.2) is 6.23 Å². The number of para-hydroxylation sites is 1. The summed E-state index contributed by atoms with van der Waals surface area (Å²) in [6, 6.07) is 19.1. The Balaban J connectivity index is 2.16. The van der Waals surface area contributed by atoms with Crippen LogP contribution in [0.1, 0.15) is 30.8 Å².